The number of aromatic nitrogens is 3. The van der Waals surface area contributed by atoms with Crippen LogP contribution in [0, 0.1) is 5.82 Å². The summed E-state index contributed by atoms with van der Waals surface area (Å²) in [7, 11) is 0. The highest BCUT2D eigenvalue weighted by atomic mass is 32.1. The van der Waals surface area contributed by atoms with Crippen molar-refractivity contribution in [2.45, 2.75) is 6.92 Å². The SMILES string of the molecule is CCNC(=O)c1nc(-c2cnc3[nH]c(-c4ccc(F)cc4)cc3c2)cs1. The van der Waals surface area contributed by atoms with E-state index >= 15 is 0 Å². The van der Waals surface area contributed by atoms with E-state index in [4.69, 9.17) is 0 Å². The first-order valence-corrected chi connectivity index (χ1v) is 9.01. The standard InChI is InChI=1S/C19H15FN4OS/c1-2-21-18(25)19-24-16(10-26-19)13-7-12-8-15(23-17(12)22-9-13)11-3-5-14(20)6-4-11/h3-10H,2H2,1H3,(H,21,25)(H,22,23). The number of pyridine rings is 1. The molecule has 5 nitrogen and oxygen atoms in total. The molecule has 0 saturated carbocycles. The molecule has 0 atom stereocenters. The fourth-order valence-corrected chi connectivity index (χ4v) is 3.43. The average Bonchev–Trinajstić information content (AvgIpc) is 3.29. The molecule has 0 aliphatic carbocycles. The van der Waals surface area contributed by atoms with Gasteiger partial charge in [-0.15, -0.1) is 11.3 Å². The Labute approximate surface area is 152 Å². The molecule has 2 N–H and O–H groups in total. The van der Waals surface area contributed by atoms with E-state index in [1.807, 2.05) is 24.4 Å². The van der Waals surface area contributed by atoms with Crippen LogP contribution in [-0.2, 0) is 0 Å². The fourth-order valence-electron chi connectivity index (χ4n) is 2.69. The molecule has 4 aromatic rings. The number of carbonyl (C=O) groups is 1. The largest absolute Gasteiger partial charge is 0.350 e. The first-order valence-electron chi connectivity index (χ1n) is 8.13. The Bertz CT molecular complexity index is 1080. The van der Waals surface area contributed by atoms with Crippen molar-refractivity contribution < 1.29 is 9.18 Å². The first-order chi connectivity index (χ1) is 12.6. The van der Waals surface area contributed by atoms with Crippen LogP contribution in [-0.4, -0.2) is 27.4 Å². The molecule has 0 fully saturated rings. The summed E-state index contributed by atoms with van der Waals surface area (Å²) in [5, 5.41) is 5.95. The lowest BCUT2D eigenvalue weighted by Gasteiger charge is -1.97. The second kappa shape index (κ2) is 6.68. The monoisotopic (exact) mass is 366 g/mol. The van der Waals surface area contributed by atoms with Gasteiger partial charge in [0.2, 0.25) is 0 Å². The van der Waals surface area contributed by atoms with Gasteiger partial charge in [-0.1, -0.05) is 0 Å². The number of thiazole rings is 1. The van der Waals surface area contributed by atoms with Crippen molar-refractivity contribution >= 4 is 28.3 Å². The van der Waals surface area contributed by atoms with Crippen molar-refractivity contribution in [2.75, 3.05) is 6.54 Å². The molecule has 0 spiro atoms. The predicted octanol–water partition coefficient (Wildman–Crippen LogP) is 4.24. The summed E-state index contributed by atoms with van der Waals surface area (Å²) < 4.78 is 13.1. The van der Waals surface area contributed by atoms with E-state index in [0.29, 0.717) is 11.6 Å². The molecule has 3 aromatic heterocycles. The summed E-state index contributed by atoms with van der Waals surface area (Å²) >= 11 is 1.31. The van der Waals surface area contributed by atoms with Gasteiger partial charge in [0, 0.05) is 34.8 Å². The summed E-state index contributed by atoms with van der Waals surface area (Å²) in [5.41, 5.74) is 4.06. The van der Waals surface area contributed by atoms with Crippen molar-refractivity contribution in [2.24, 2.45) is 0 Å². The van der Waals surface area contributed by atoms with Gasteiger partial charge in [-0.2, -0.15) is 0 Å². The number of amides is 1. The van der Waals surface area contributed by atoms with E-state index in [1.165, 1.54) is 23.5 Å². The van der Waals surface area contributed by atoms with E-state index in [-0.39, 0.29) is 11.7 Å². The summed E-state index contributed by atoms with van der Waals surface area (Å²) in [5.74, 6) is -0.435. The van der Waals surface area contributed by atoms with Crippen LogP contribution in [0.4, 0.5) is 4.39 Å². The average molecular weight is 366 g/mol. The predicted molar refractivity (Wildman–Crippen MR) is 101 cm³/mol. The van der Waals surface area contributed by atoms with Crippen LogP contribution in [0.15, 0.2) is 48.0 Å². The Balaban J connectivity index is 1.67. The molecule has 7 heteroatoms. The molecule has 0 bridgehead atoms. The zero-order chi connectivity index (χ0) is 18.1. The third-order valence-electron chi connectivity index (χ3n) is 3.96. The molecule has 3 heterocycles. The number of nitrogens with zero attached hydrogens (tertiary/aromatic N) is 2. The van der Waals surface area contributed by atoms with Crippen molar-refractivity contribution in [3.05, 3.63) is 58.8 Å². The third kappa shape index (κ3) is 3.09. The molecule has 4 rings (SSSR count). The maximum atomic E-state index is 13.1. The second-order valence-corrected chi connectivity index (χ2v) is 6.61. The Morgan fingerprint density at radius 2 is 2.04 bits per heavy atom. The zero-order valence-corrected chi connectivity index (χ0v) is 14.7. The van der Waals surface area contributed by atoms with E-state index in [1.54, 1.807) is 18.3 Å². The summed E-state index contributed by atoms with van der Waals surface area (Å²) in [6.07, 6.45) is 1.73. The Kier molecular flexibility index (Phi) is 4.22. The second-order valence-electron chi connectivity index (χ2n) is 5.75. The van der Waals surface area contributed by atoms with E-state index in [9.17, 15) is 9.18 Å². The molecule has 0 saturated heterocycles. The first kappa shape index (κ1) is 16.4. The highest BCUT2D eigenvalue weighted by molar-refractivity contribution is 7.12. The van der Waals surface area contributed by atoms with Crippen molar-refractivity contribution in [1.82, 2.24) is 20.3 Å². The van der Waals surface area contributed by atoms with Gasteiger partial charge in [0.25, 0.3) is 5.91 Å². The van der Waals surface area contributed by atoms with Gasteiger partial charge in [-0.05, 0) is 48.9 Å². The maximum Gasteiger partial charge on any atom is 0.280 e. The van der Waals surface area contributed by atoms with Gasteiger partial charge in [-0.3, -0.25) is 4.79 Å². The molecule has 0 aliphatic rings. The lowest BCUT2D eigenvalue weighted by molar-refractivity contribution is 0.0955. The number of fused-ring (bicyclic) bond motifs is 1. The zero-order valence-electron chi connectivity index (χ0n) is 13.9. The van der Waals surface area contributed by atoms with Crippen LogP contribution in [0.25, 0.3) is 33.5 Å². The number of H-pyrrole nitrogens is 1. The lowest BCUT2D eigenvalue weighted by atomic mass is 10.1. The fraction of sp³-hybridized carbons (Fsp3) is 0.105. The molecule has 1 aromatic carbocycles. The number of hydrogen-bond donors (Lipinski definition) is 2. The number of aromatic amines is 1. The number of halogens is 1. The topological polar surface area (TPSA) is 70.7 Å². The van der Waals surface area contributed by atoms with Crippen molar-refractivity contribution in [3.8, 4) is 22.5 Å². The Morgan fingerprint density at radius 1 is 1.23 bits per heavy atom. The molecule has 26 heavy (non-hydrogen) atoms. The van der Waals surface area contributed by atoms with Crippen molar-refractivity contribution in [1.29, 1.82) is 0 Å². The summed E-state index contributed by atoms with van der Waals surface area (Å²) in [4.78, 5) is 24.0. The molecule has 0 radical (unpaired) electrons. The highest BCUT2D eigenvalue weighted by Gasteiger charge is 2.12. The van der Waals surface area contributed by atoms with Crippen LogP contribution in [0.3, 0.4) is 0 Å². The number of benzene rings is 1. The maximum absolute atomic E-state index is 13.1. The van der Waals surface area contributed by atoms with Crippen LogP contribution < -0.4 is 5.32 Å². The number of carbonyl (C=O) groups excluding carboxylic acids is 1. The molecular formula is C19H15FN4OS. The molecule has 0 unspecified atom stereocenters. The highest BCUT2D eigenvalue weighted by Crippen LogP contribution is 2.28. The Morgan fingerprint density at radius 3 is 2.81 bits per heavy atom. The van der Waals surface area contributed by atoms with Crippen LogP contribution in [0.2, 0.25) is 0 Å². The third-order valence-corrected chi connectivity index (χ3v) is 4.80. The van der Waals surface area contributed by atoms with Gasteiger partial charge in [0.05, 0.1) is 5.69 Å². The van der Waals surface area contributed by atoms with Crippen LogP contribution in [0.5, 0.6) is 0 Å². The molecule has 0 aliphatic heterocycles. The molecule has 1 amide bonds. The van der Waals surface area contributed by atoms with Gasteiger partial charge in [0.15, 0.2) is 5.01 Å². The van der Waals surface area contributed by atoms with Gasteiger partial charge in [-0.25, -0.2) is 14.4 Å². The smallest absolute Gasteiger partial charge is 0.280 e. The van der Waals surface area contributed by atoms with E-state index < -0.39 is 0 Å². The number of nitrogens with one attached hydrogen (secondary N) is 2. The van der Waals surface area contributed by atoms with Crippen molar-refractivity contribution in [3.63, 3.8) is 0 Å². The van der Waals surface area contributed by atoms with E-state index in [2.05, 4.69) is 20.3 Å². The minimum Gasteiger partial charge on any atom is -0.350 e. The van der Waals surface area contributed by atoms with Gasteiger partial charge >= 0.3 is 0 Å². The Hall–Kier alpha value is -3.06. The van der Waals surface area contributed by atoms with E-state index in [0.717, 1.165) is 33.5 Å². The molecule has 130 valence electrons. The minimum atomic E-state index is -0.267. The molecular weight excluding hydrogens is 351 g/mol. The van der Waals surface area contributed by atoms with Crippen LogP contribution >= 0.6 is 11.3 Å². The quantitative estimate of drug-likeness (QED) is 0.567. The lowest BCUT2D eigenvalue weighted by Crippen LogP contribution is -2.22. The summed E-state index contributed by atoms with van der Waals surface area (Å²) in [6.45, 7) is 2.44. The van der Waals surface area contributed by atoms with Gasteiger partial charge in [0.1, 0.15) is 11.5 Å². The van der Waals surface area contributed by atoms with Crippen LogP contribution in [0.1, 0.15) is 16.7 Å². The number of hydrogen-bond acceptors (Lipinski definition) is 4. The van der Waals surface area contributed by atoms with Gasteiger partial charge < -0.3 is 10.3 Å². The normalized spacial score (nSPS) is 11.0. The minimum absolute atomic E-state index is 0.168. The summed E-state index contributed by atoms with van der Waals surface area (Å²) in [6, 6.07) is 10.2. The number of rotatable bonds is 4.